The Labute approximate surface area is 132 Å². The number of rotatable bonds is 5. The largest absolute Gasteiger partial charge is 0.369 e. The zero-order valence-electron chi connectivity index (χ0n) is 12.9. The number of para-hydroxylation sites is 1. The topological polar surface area (TPSA) is 45.4 Å². The lowest BCUT2D eigenvalue weighted by atomic mass is 10.0. The molecule has 1 fully saturated rings. The van der Waals surface area contributed by atoms with Gasteiger partial charge < -0.3 is 10.6 Å². The minimum absolute atomic E-state index is 0.408. The zero-order chi connectivity index (χ0) is 15.2. The quantitative estimate of drug-likeness (QED) is 0.919. The molecule has 1 aromatic heterocycles. The first-order valence-corrected chi connectivity index (χ1v) is 8.02. The fraction of sp³-hybridized carbons (Fsp3) is 0.389. The van der Waals surface area contributed by atoms with E-state index in [4.69, 9.17) is 5.73 Å². The van der Waals surface area contributed by atoms with Crippen LogP contribution in [0.4, 0.5) is 5.69 Å². The summed E-state index contributed by atoms with van der Waals surface area (Å²) in [7, 11) is 0. The Balaban J connectivity index is 1.66. The fourth-order valence-electron chi connectivity index (χ4n) is 3.23. The molecule has 116 valence electrons. The molecule has 0 aliphatic carbocycles. The van der Waals surface area contributed by atoms with Gasteiger partial charge in [0.05, 0.1) is 0 Å². The van der Waals surface area contributed by atoms with E-state index >= 15 is 0 Å². The van der Waals surface area contributed by atoms with Crippen LogP contribution in [0.1, 0.15) is 18.0 Å². The van der Waals surface area contributed by atoms with E-state index in [1.54, 1.807) is 0 Å². The van der Waals surface area contributed by atoms with Crippen molar-refractivity contribution >= 4 is 5.69 Å². The van der Waals surface area contributed by atoms with Crippen LogP contribution in [0.3, 0.4) is 0 Å². The SMILES string of the molecule is NCCC(c1ccncc1)N1CCN(c2ccccc2)CC1. The summed E-state index contributed by atoms with van der Waals surface area (Å²) in [5.41, 5.74) is 8.49. The van der Waals surface area contributed by atoms with Gasteiger partial charge in [-0.1, -0.05) is 18.2 Å². The second-order valence-corrected chi connectivity index (χ2v) is 5.73. The molecule has 1 atom stereocenters. The summed E-state index contributed by atoms with van der Waals surface area (Å²) in [4.78, 5) is 9.14. The molecular weight excluding hydrogens is 272 g/mol. The van der Waals surface area contributed by atoms with Crippen molar-refractivity contribution in [1.82, 2.24) is 9.88 Å². The molecule has 1 saturated heterocycles. The van der Waals surface area contributed by atoms with E-state index in [1.165, 1.54) is 11.3 Å². The van der Waals surface area contributed by atoms with E-state index in [2.05, 4.69) is 57.2 Å². The Kier molecular flexibility index (Phi) is 5.03. The van der Waals surface area contributed by atoms with Crippen LogP contribution < -0.4 is 10.6 Å². The third-order valence-electron chi connectivity index (χ3n) is 4.41. The molecule has 0 spiro atoms. The number of anilines is 1. The highest BCUT2D eigenvalue weighted by Crippen LogP contribution is 2.26. The molecule has 3 rings (SSSR count). The van der Waals surface area contributed by atoms with Crippen molar-refractivity contribution in [1.29, 1.82) is 0 Å². The Morgan fingerprint density at radius 2 is 1.64 bits per heavy atom. The number of nitrogens with zero attached hydrogens (tertiary/aromatic N) is 3. The van der Waals surface area contributed by atoms with Crippen LogP contribution in [0, 0.1) is 0 Å². The molecule has 1 aliphatic heterocycles. The van der Waals surface area contributed by atoms with E-state index in [9.17, 15) is 0 Å². The molecule has 1 aromatic carbocycles. The molecule has 1 unspecified atom stereocenters. The predicted octanol–water partition coefficient (Wildman–Crippen LogP) is 2.29. The Morgan fingerprint density at radius 3 is 2.27 bits per heavy atom. The fourth-order valence-corrected chi connectivity index (χ4v) is 3.23. The predicted molar refractivity (Wildman–Crippen MR) is 90.9 cm³/mol. The van der Waals surface area contributed by atoms with Crippen molar-refractivity contribution < 1.29 is 0 Å². The van der Waals surface area contributed by atoms with Crippen molar-refractivity contribution in [2.45, 2.75) is 12.5 Å². The van der Waals surface area contributed by atoms with Gasteiger partial charge in [-0.05, 0) is 42.8 Å². The van der Waals surface area contributed by atoms with E-state index in [0.29, 0.717) is 12.6 Å². The highest BCUT2D eigenvalue weighted by atomic mass is 15.3. The lowest BCUT2D eigenvalue weighted by Gasteiger charge is -2.40. The van der Waals surface area contributed by atoms with Crippen LogP contribution in [-0.2, 0) is 0 Å². The van der Waals surface area contributed by atoms with Crippen LogP contribution in [0.2, 0.25) is 0 Å². The van der Waals surface area contributed by atoms with Crippen LogP contribution >= 0.6 is 0 Å². The van der Waals surface area contributed by atoms with Crippen LogP contribution in [0.5, 0.6) is 0 Å². The summed E-state index contributed by atoms with van der Waals surface area (Å²) >= 11 is 0. The van der Waals surface area contributed by atoms with Crippen molar-refractivity contribution in [3.05, 3.63) is 60.4 Å². The number of hydrogen-bond donors (Lipinski definition) is 1. The smallest absolute Gasteiger partial charge is 0.0367 e. The molecule has 4 nitrogen and oxygen atoms in total. The van der Waals surface area contributed by atoms with E-state index in [0.717, 1.165) is 32.6 Å². The normalized spacial score (nSPS) is 17.4. The Morgan fingerprint density at radius 1 is 0.955 bits per heavy atom. The molecular formula is C18H24N4. The number of benzene rings is 1. The maximum atomic E-state index is 5.84. The van der Waals surface area contributed by atoms with Crippen molar-refractivity contribution in [2.24, 2.45) is 5.73 Å². The molecule has 2 heterocycles. The number of aromatic nitrogens is 1. The monoisotopic (exact) mass is 296 g/mol. The first-order chi connectivity index (χ1) is 10.9. The molecule has 1 aliphatic rings. The molecule has 0 bridgehead atoms. The number of pyridine rings is 1. The van der Waals surface area contributed by atoms with Crippen molar-refractivity contribution in [3.63, 3.8) is 0 Å². The standard InChI is InChI=1S/C18H24N4/c19-9-6-18(16-7-10-20-11-8-16)22-14-12-21(13-15-22)17-4-2-1-3-5-17/h1-5,7-8,10-11,18H,6,9,12-15,19H2. The molecule has 0 radical (unpaired) electrons. The second kappa shape index (κ2) is 7.38. The summed E-state index contributed by atoms with van der Waals surface area (Å²) in [5, 5.41) is 0. The average Bonchev–Trinajstić information content (AvgIpc) is 2.61. The summed E-state index contributed by atoms with van der Waals surface area (Å²) in [5.74, 6) is 0. The first kappa shape index (κ1) is 15.0. The minimum atomic E-state index is 0.408. The number of piperazine rings is 1. The van der Waals surface area contributed by atoms with Gasteiger partial charge in [0.15, 0.2) is 0 Å². The van der Waals surface area contributed by atoms with Gasteiger partial charge in [-0.15, -0.1) is 0 Å². The highest BCUT2D eigenvalue weighted by Gasteiger charge is 2.24. The maximum Gasteiger partial charge on any atom is 0.0367 e. The lowest BCUT2D eigenvalue weighted by Crippen LogP contribution is -2.48. The van der Waals surface area contributed by atoms with Gasteiger partial charge in [0, 0.05) is 50.3 Å². The van der Waals surface area contributed by atoms with Gasteiger partial charge in [-0.2, -0.15) is 0 Å². The molecule has 4 heteroatoms. The van der Waals surface area contributed by atoms with Crippen molar-refractivity contribution in [3.8, 4) is 0 Å². The first-order valence-electron chi connectivity index (χ1n) is 8.02. The molecule has 2 aromatic rings. The third kappa shape index (κ3) is 3.46. The summed E-state index contributed by atoms with van der Waals surface area (Å²) in [6, 6.07) is 15.3. The van der Waals surface area contributed by atoms with Gasteiger partial charge in [-0.25, -0.2) is 0 Å². The lowest BCUT2D eigenvalue weighted by molar-refractivity contribution is 0.178. The second-order valence-electron chi connectivity index (χ2n) is 5.73. The maximum absolute atomic E-state index is 5.84. The van der Waals surface area contributed by atoms with Gasteiger partial charge >= 0.3 is 0 Å². The van der Waals surface area contributed by atoms with Crippen molar-refractivity contribution in [2.75, 3.05) is 37.6 Å². The Hall–Kier alpha value is -1.91. The van der Waals surface area contributed by atoms with Crippen LogP contribution in [0.15, 0.2) is 54.9 Å². The van der Waals surface area contributed by atoms with Gasteiger partial charge in [-0.3, -0.25) is 9.88 Å². The summed E-state index contributed by atoms with van der Waals surface area (Å²) in [6.45, 7) is 4.99. The molecule has 0 saturated carbocycles. The summed E-state index contributed by atoms with van der Waals surface area (Å²) in [6.07, 6.45) is 4.74. The van der Waals surface area contributed by atoms with E-state index < -0.39 is 0 Å². The number of hydrogen-bond acceptors (Lipinski definition) is 4. The average molecular weight is 296 g/mol. The molecule has 0 amide bonds. The Bertz CT molecular complexity index is 550. The van der Waals surface area contributed by atoms with E-state index in [1.807, 2.05) is 12.4 Å². The highest BCUT2D eigenvalue weighted by molar-refractivity contribution is 5.46. The molecule has 2 N–H and O–H groups in total. The molecule has 22 heavy (non-hydrogen) atoms. The number of nitrogens with two attached hydrogens (primary N) is 1. The van der Waals surface area contributed by atoms with Gasteiger partial charge in [0.1, 0.15) is 0 Å². The minimum Gasteiger partial charge on any atom is -0.369 e. The van der Waals surface area contributed by atoms with Gasteiger partial charge in [0.2, 0.25) is 0 Å². The van der Waals surface area contributed by atoms with Gasteiger partial charge in [0.25, 0.3) is 0 Å². The zero-order valence-corrected chi connectivity index (χ0v) is 12.9. The van der Waals surface area contributed by atoms with E-state index in [-0.39, 0.29) is 0 Å². The third-order valence-corrected chi connectivity index (χ3v) is 4.41. The summed E-state index contributed by atoms with van der Waals surface area (Å²) < 4.78 is 0. The van der Waals surface area contributed by atoms with Crippen LogP contribution in [-0.4, -0.2) is 42.6 Å². The van der Waals surface area contributed by atoms with Crippen LogP contribution in [0.25, 0.3) is 0 Å².